The minimum absolute atomic E-state index is 0.0200. The zero-order valence-electron chi connectivity index (χ0n) is 12.8. The first-order valence-corrected chi connectivity index (χ1v) is 7.62. The highest BCUT2D eigenvalue weighted by Crippen LogP contribution is 2.26. The summed E-state index contributed by atoms with van der Waals surface area (Å²) in [5, 5.41) is 8.88. The van der Waals surface area contributed by atoms with Crippen LogP contribution in [0.25, 0.3) is 0 Å². The van der Waals surface area contributed by atoms with Crippen LogP contribution in [0.1, 0.15) is 46.5 Å². The maximum absolute atomic E-state index is 12.4. The predicted octanol–water partition coefficient (Wildman–Crippen LogP) is 1.71. The van der Waals surface area contributed by atoms with Gasteiger partial charge >= 0.3 is 5.97 Å². The van der Waals surface area contributed by atoms with Crippen molar-refractivity contribution in [2.45, 2.75) is 52.5 Å². The van der Waals surface area contributed by atoms with E-state index in [1.807, 2.05) is 25.7 Å². The van der Waals surface area contributed by atoms with E-state index in [1.54, 1.807) is 0 Å². The maximum atomic E-state index is 12.4. The summed E-state index contributed by atoms with van der Waals surface area (Å²) in [6.07, 6.45) is 2.99. The normalized spacial score (nSPS) is 24.0. The molecular formula is C15H28N2O3. The molecule has 0 radical (unpaired) electrons. The fraction of sp³-hybridized carbons (Fsp3) is 0.867. The van der Waals surface area contributed by atoms with Crippen molar-refractivity contribution in [2.75, 3.05) is 13.1 Å². The molecular weight excluding hydrogens is 256 g/mol. The first-order valence-electron chi connectivity index (χ1n) is 7.62. The lowest BCUT2D eigenvalue weighted by molar-refractivity contribution is -0.139. The van der Waals surface area contributed by atoms with Gasteiger partial charge in [-0.3, -0.25) is 9.59 Å². The Morgan fingerprint density at radius 2 is 2.05 bits per heavy atom. The number of nitrogens with zero attached hydrogens (tertiary/aromatic N) is 1. The summed E-state index contributed by atoms with van der Waals surface area (Å²) in [7, 11) is 0. The van der Waals surface area contributed by atoms with Gasteiger partial charge in [0.1, 0.15) is 0 Å². The number of nitrogens with two attached hydrogens (primary N) is 1. The Morgan fingerprint density at radius 1 is 1.40 bits per heavy atom. The fourth-order valence-corrected chi connectivity index (χ4v) is 2.82. The molecule has 20 heavy (non-hydrogen) atoms. The lowest BCUT2D eigenvalue weighted by Gasteiger charge is -2.37. The minimum atomic E-state index is -0.766. The second-order valence-corrected chi connectivity index (χ2v) is 6.17. The highest BCUT2D eigenvalue weighted by atomic mass is 16.4. The first-order chi connectivity index (χ1) is 9.36. The Kier molecular flexibility index (Phi) is 6.46. The number of piperidine rings is 1. The van der Waals surface area contributed by atoms with E-state index in [9.17, 15) is 9.59 Å². The van der Waals surface area contributed by atoms with E-state index in [2.05, 4.69) is 0 Å². The number of aliphatic carboxylic acids is 1. The Labute approximate surface area is 121 Å². The number of rotatable bonds is 6. The molecule has 0 spiro atoms. The summed E-state index contributed by atoms with van der Waals surface area (Å²) in [6.45, 7) is 7.39. The van der Waals surface area contributed by atoms with Crippen LogP contribution < -0.4 is 5.73 Å². The van der Waals surface area contributed by atoms with Gasteiger partial charge in [0.2, 0.25) is 5.91 Å². The number of carbonyl (C=O) groups is 2. The highest BCUT2D eigenvalue weighted by Gasteiger charge is 2.31. The van der Waals surface area contributed by atoms with Crippen molar-refractivity contribution in [1.29, 1.82) is 0 Å². The average Bonchev–Trinajstić information content (AvgIpc) is 2.44. The van der Waals surface area contributed by atoms with E-state index in [0.29, 0.717) is 6.54 Å². The molecule has 1 fully saturated rings. The van der Waals surface area contributed by atoms with Gasteiger partial charge in [0, 0.05) is 19.5 Å². The molecule has 5 heteroatoms. The zero-order chi connectivity index (χ0) is 15.3. The molecule has 1 rings (SSSR count). The van der Waals surface area contributed by atoms with Gasteiger partial charge in [0.25, 0.3) is 0 Å². The predicted molar refractivity (Wildman–Crippen MR) is 78.2 cm³/mol. The molecule has 2 unspecified atom stereocenters. The van der Waals surface area contributed by atoms with Crippen LogP contribution in [0.3, 0.4) is 0 Å². The Balaban J connectivity index is 2.60. The number of hydrogen-bond donors (Lipinski definition) is 2. The van der Waals surface area contributed by atoms with Crippen molar-refractivity contribution in [3.05, 3.63) is 0 Å². The first kappa shape index (κ1) is 17.0. The zero-order valence-corrected chi connectivity index (χ0v) is 12.8. The smallest absolute Gasteiger partial charge is 0.303 e. The third-order valence-electron chi connectivity index (χ3n) is 4.61. The molecule has 0 saturated carbocycles. The third kappa shape index (κ3) is 4.47. The van der Waals surface area contributed by atoms with Crippen LogP contribution in [0, 0.1) is 17.8 Å². The number of carboxylic acids is 1. The van der Waals surface area contributed by atoms with E-state index < -0.39 is 12.0 Å². The van der Waals surface area contributed by atoms with Crippen LogP contribution in [0.5, 0.6) is 0 Å². The number of carboxylic acid groups (broad SMARTS) is 1. The van der Waals surface area contributed by atoms with Crippen LogP contribution in [0.15, 0.2) is 0 Å². The molecule has 0 aromatic carbocycles. The van der Waals surface area contributed by atoms with Crippen LogP contribution in [0.2, 0.25) is 0 Å². The van der Waals surface area contributed by atoms with Gasteiger partial charge in [-0.15, -0.1) is 0 Å². The molecule has 0 aromatic heterocycles. The number of likely N-dealkylation sites (tertiary alicyclic amines) is 1. The van der Waals surface area contributed by atoms with Crippen molar-refractivity contribution in [3.63, 3.8) is 0 Å². The van der Waals surface area contributed by atoms with Gasteiger partial charge in [0.15, 0.2) is 0 Å². The van der Waals surface area contributed by atoms with E-state index in [0.717, 1.165) is 25.8 Å². The SMILES string of the molecule is CC[C@H](C)[C@H](N)C(=O)N1CCCC(C(C)CC(=O)O)C1. The van der Waals surface area contributed by atoms with E-state index in [4.69, 9.17) is 10.8 Å². The molecule has 1 aliphatic heterocycles. The molecule has 3 N–H and O–H groups in total. The standard InChI is InChI=1S/C15H28N2O3/c1-4-10(2)14(16)15(20)17-7-5-6-12(9-17)11(3)8-13(18)19/h10-12,14H,4-9,16H2,1-3H3,(H,18,19)/t10-,11?,12?,14-/m0/s1. The van der Waals surface area contributed by atoms with Gasteiger partial charge in [-0.1, -0.05) is 27.2 Å². The molecule has 1 aliphatic rings. The third-order valence-corrected chi connectivity index (χ3v) is 4.61. The van der Waals surface area contributed by atoms with Gasteiger partial charge in [0.05, 0.1) is 6.04 Å². The van der Waals surface area contributed by atoms with E-state index in [-0.39, 0.29) is 30.1 Å². The monoisotopic (exact) mass is 284 g/mol. The molecule has 0 aliphatic carbocycles. The van der Waals surface area contributed by atoms with E-state index >= 15 is 0 Å². The van der Waals surface area contributed by atoms with Crippen molar-refractivity contribution >= 4 is 11.9 Å². The second kappa shape index (κ2) is 7.62. The van der Waals surface area contributed by atoms with E-state index in [1.165, 1.54) is 0 Å². The molecule has 1 heterocycles. The minimum Gasteiger partial charge on any atom is -0.481 e. The number of carbonyl (C=O) groups excluding carboxylic acids is 1. The summed E-state index contributed by atoms with van der Waals surface area (Å²) in [6, 6.07) is -0.437. The molecule has 5 nitrogen and oxygen atoms in total. The fourth-order valence-electron chi connectivity index (χ4n) is 2.82. The quantitative estimate of drug-likeness (QED) is 0.777. The largest absolute Gasteiger partial charge is 0.481 e. The molecule has 0 aromatic rings. The topological polar surface area (TPSA) is 83.6 Å². The lowest BCUT2D eigenvalue weighted by Crippen LogP contribution is -2.51. The highest BCUT2D eigenvalue weighted by molar-refractivity contribution is 5.82. The number of amides is 1. The van der Waals surface area contributed by atoms with Gasteiger partial charge in [-0.2, -0.15) is 0 Å². The summed E-state index contributed by atoms with van der Waals surface area (Å²) in [4.78, 5) is 25.0. The molecule has 1 saturated heterocycles. The second-order valence-electron chi connectivity index (χ2n) is 6.17. The number of hydrogen-bond acceptors (Lipinski definition) is 3. The summed E-state index contributed by atoms with van der Waals surface area (Å²) in [5.74, 6) is -0.195. The van der Waals surface area contributed by atoms with Gasteiger partial charge < -0.3 is 15.7 Å². The van der Waals surface area contributed by atoms with Crippen LogP contribution in [-0.2, 0) is 9.59 Å². The van der Waals surface area contributed by atoms with Gasteiger partial charge in [-0.05, 0) is 30.6 Å². The van der Waals surface area contributed by atoms with Crippen molar-refractivity contribution in [3.8, 4) is 0 Å². The molecule has 0 bridgehead atoms. The van der Waals surface area contributed by atoms with Crippen molar-refractivity contribution < 1.29 is 14.7 Å². The molecule has 116 valence electrons. The molecule has 1 amide bonds. The van der Waals surface area contributed by atoms with Crippen molar-refractivity contribution in [1.82, 2.24) is 4.90 Å². The molecule has 4 atom stereocenters. The summed E-state index contributed by atoms with van der Waals surface area (Å²) < 4.78 is 0. The lowest BCUT2D eigenvalue weighted by atomic mass is 9.84. The van der Waals surface area contributed by atoms with Crippen LogP contribution in [0.4, 0.5) is 0 Å². The van der Waals surface area contributed by atoms with Crippen molar-refractivity contribution in [2.24, 2.45) is 23.5 Å². The average molecular weight is 284 g/mol. The van der Waals surface area contributed by atoms with Gasteiger partial charge in [-0.25, -0.2) is 0 Å². The Morgan fingerprint density at radius 3 is 2.60 bits per heavy atom. The van der Waals surface area contributed by atoms with Crippen LogP contribution >= 0.6 is 0 Å². The summed E-state index contributed by atoms with van der Waals surface area (Å²) in [5.41, 5.74) is 6.02. The Bertz CT molecular complexity index is 346. The Hall–Kier alpha value is -1.10. The summed E-state index contributed by atoms with van der Waals surface area (Å²) >= 11 is 0. The maximum Gasteiger partial charge on any atom is 0.303 e. The van der Waals surface area contributed by atoms with Crippen LogP contribution in [-0.4, -0.2) is 41.0 Å².